The van der Waals surface area contributed by atoms with Crippen molar-refractivity contribution in [2.24, 2.45) is 0 Å². The van der Waals surface area contributed by atoms with Gasteiger partial charge in [0.05, 0.1) is 7.11 Å². The molecule has 0 spiro atoms. The zero-order valence-corrected chi connectivity index (χ0v) is 10.2. The van der Waals surface area contributed by atoms with Gasteiger partial charge < -0.3 is 10.1 Å². The van der Waals surface area contributed by atoms with Crippen LogP contribution in [0, 0.1) is 0 Å². The van der Waals surface area contributed by atoms with E-state index < -0.39 is 0 Å². The summed E-state index contributed by atoms with van der Waals surface area (Å²) < 4.78 is 5.12. The van der Waals surface area contributed by atoms with Crippen LogP contribution in [-0.4, -0.2) is 19.7 Å². The van der Waals surface area contributed by atoms with Crippen LogP contribution in [0.2, 0.25) is 0 Å². The number of ether oxygens (including phenoxy) is 1. The molecule has 0 bridgehead atoms. The van der Waals surface area contributed by atoms with E-state index in [0.717, 1.165) is 25.1 Å². The van der Waals surface area contributed by atoms with Crippen LogP contribution in [0.3, 0.4) is 0 Å². The monoisotopic (exact) mass is 219 g/mol. The van der Waals surface area contributed by atoms with Gasteiger partial charge in [-0.2, -0.15) is 0 Å². The zero-order valence-electron chi connectivity index (χ0n) is 10.2. The summed E-state index contributed by atoms with van der Waals surface area (Å²) in [5, 5.41) is 3.38. The van der Waals surface area contributed by atoms with Crippen molar-refractivity contribution in [1.29, 1.82) is 0 Å². The third-order valence-electron chi connectivity index (χ3n) is 2.64. The Morgan fingerprint density at radius 3 is 2.62 bits per heavy atom. The van der Waals surface area contributed by atoms with Gasteiger partial charge >= 0.3 is 0 Å². The standard InChI is InChI=1S/C14H21NO/c1-4-11-15-12(2)5-6-13-7-9-14(16-3)10-8-13/h4,7-10,12,15H,1,5-6,11H2,2-3H3. The van der Waals surface area contributed by atoms with E-state index in [2.05, 4.69) is 31.0 Å². The molecule has 0 aromatic heterocycles. The molecule has 16 heavy (non-hydrogen) atoms. The van der Waals surface area contributed by atoms with Crippen LogP contribution in [0.15, 0.2) is 36.9 Å². The summed E-state index contributed by atoms with van der Waals surface area (Å²) in [6.07, 6.45) is 4.12. The van der Waals surface area contributed by atoms with Crippen molar-refractivity contribution in [2.45, 2.75) is 25.8 Å². The van der Waals surface area contributed by atoms with Crippen LogP contribution in [-0.2, 0) is 6.42 Å². The van der Waals surface area contributed by atoms with Crippen LogP contribution in [0.5, 0.6) is 5.75 Å². The summed E-state index contributed by atoms with van der Waals surface area (Å²) in [5.41, 5.74) is 1.35. The second kappa shape index (κ2) is 7.07. The van der Waals surface area contributed by atoms with Crippen LogP contribution >= 0.6 is 0 Å². The number of nitrogens with one attached hydrogen (secondary N) is 1. The lowest BCUT2D eigenvalue weighted by molar-refractivity contribution is 0.414. The summed E-state index contributed by atoms with van der Waals surface area (Å²) in [5.74, 6) is 0.918. The fourth-order valence-electron chi connectivity index (χ4n) is 1.56. The molecule has 0 fully saturated rings. The average molecular weight is 219 g/mol. The number of aryl methyl sites for hydroxylation is 1. The largest absolute Gasteiger partial charge is 0.497 e. The first-order valence-corrected chi connectivity index (χ1v) is 5.73. The quantitative estimate of drug-likeness (QED) is 0.712. The highest BCUT2D eigenvalue weighted by atomic mass is 16.5. The van der Waals surface area contributed by atoms with Gasteiger partial charge in [0.1, 0.15) is 5.75 Å². The lowest BCUT2D eigenvalue weighted by Crippen LogP contribution is -2.26. The first-order valence-electron chi connectivity index (χ1n) is 5.73. The molecule has 2 nitrogen and oxygen atoms in total. The Morgan fingerprint density at radius 1 is 1.38 bits per heavy atom. The highest BCUT2D eigenvalue weighted by Crippen LogP contribution is 2.13. The molecule has 0 saturated carbocycles. The summed E-state index contributed by atoms with van der Waals surface area (Å²) in [6, 6.07) is 8.80. The average Bonchev–Trinajstić information content (AvgIpc) is 2.34. The van der Waals surface area contributed by atoms with Crippen molar-refractivity contribution >= 4 is 0 Å². The van der Waals surface area contributed by atoms with Gasteiger partial charge in [-0.3, -0.25) is 0 Å². The highest BCUT2D eigenvalue weighted by molar-refractivity contribution is 5.27. The number of benzene rings is 1. The van der Waals surface area contributed by atoms with Gasteiger partial charge in [0, 0.05) is 12.6 Å². The van der Waals surface area contributed by atoms with Gasteiger partial charge in [-0.25, -0.2) is 0 Å². The minimum Gasteiger partial charge on any atom is -0.497 e. The molecule has 1 unspecified atom stereocenters. The molecule has 2 heteroatoms. The van der Waals surface area contributed by atoms with E-state index in [1.165, 1.54) is 5.56 Å². The van der Waals surface area contributed by atoms with Crippen molar-refractivity contribution in [3.63, 3.8) is 0 Å². The summed E-state index contributed by atoms with van der Waals surface area (Å²) in [7, 11) is 1.69. The Bertz CT molecular complexity index is 305. The molecule has 1 aromatic carbocycles. The van der Waals surface area contributed by atoms with Crippen molar-refractivity contribution in [2.75, 3.05) is 13.7 Å². The number of hydrogen-bond donors (Lipinski definition) is 1. The van der Waals surface area contributed by atoms with E-state index in [1.807, 2.05) is 18.2 Å². The Balaban J connectivity index is 2.33. The molecular formula is C14H21NO. The van der Waals surface area contributed by atoms with Crippen LogP contribution in [0.1, 0.15) is 18.9 Å². The van der Waals surface area contributed by atoms with Gasteiger partial charge in [-0.1, -0.05) is 18.2 Å². The van der Waals surface area contributed by atoms with Crippen molar-refractivity contribution in [1.82, 2.24) is 5.32 Å². The predicted molar refractivity (Wildman–Crippen MR) is 69.0 cm³/mol. The van der Waals surface area contributed by atoms with Crippen molar-refractivity contribution in [3.05, 3.63) is 42.5 Å². The van der Waals surface area contributed by atoms with E-state index in [4.69, 9.17) is 4.74 Å². The lowest BCUT2D eigenvalue weighted by Gasteiger charge is -2.12. The van der Waals surface area contributed by atoms with Gasteiger partial charge in [0.25, 0.3) is 0 Å². The first kappa shape index (κ1) is 12.8. The topological polar surface area (TPSA) is 21.3 Å². The second-order valence-corrected chi connectivity index (χ2v) is 3.98. The van der Waals surface area contributed by atoms with Crippen molar-refractivity contribution in [3.8, 4) is 5.75 Å². The Labute approximate surface area is 98.3 Å². The molecule has 1 aromatic rings. The van der Waals surface area contributed by atoms with E-state index in [-0.39, 0.29) is 0 Å². The normalized spacial score (nSPS) is 12.1. The fraction of sp³-hybridized carbons (Fsp3) is 0.429. The van der Waals surface area contributed by atoms with Gasteiger partial charge in [0.15, 0.2) is 0 Å². The Morgan fingerprint density at radius 2 is 2.06 bits per heavy atom. The van der Waals surface area contributed by atoms with Crippen molar-refractivity contribution < 1.29 is 4.74 Å². The maximum atomic E-state index is 5.12. The predicted octanol–water partition coefficient (Wildman–Crippen LogP) is 2.79. The van der Waals surface area contributed by atoms with Crippen LogP contribution in [0.4, 0.5) is 0 Å². The number of rotatable bonds is 7. The van der Waals surface area contributed by atoms with E-state index in [1.54, 1.807) is 7.11 Å². The maximum Gasteiger partial charge on any atom is 0.118 e. The van der Waals surface area contributed by atoms with E-state index in [9.17, 15) is 0 Å². The summed E-state index contributed by atoms with van der Waals surface area (Å²) in [6.45, 7) is 6.77. The third kappa shape index (κ3) is 4.49. The van der Waals surface area contributed by atoms with Gasteiger partial charge in [-0.15, -0.1) is 6.58 Å². The lowest BCUT2D eigenvalue weighted by atomic mass is 10.1. The smallest absolute Gasteiger partial charge is 0.118 e. The van der Waals surface area contributed by atoms with Gasteiger partial charge in [-0.05, 0) is 37.5 Å². The molecule has 0 aliphatic carbocycles. The second-order valence-electron chi connectivity index (χ2n) is 3.98. The molecule has 1 N–H and O–H groups in total. The molecule has 0 aliphatic rings. The number of hydrogen-bond acceptors (Lipinski definition) is 2. The first-order chi connectivity index (χ1) is 7.76. The van der Waals surface area contributed by atoms with E-state index in [0.29, 0.717) is 6.04 Å². The fourth-order valence-corrected chi connectivity index (χ4v) is 1.56. The molecule has 0 heterocycles. The molecule has 0 amide bonds. The van der Waals surface area contributed by atoms with Gasteiger partial charge in [0.2, 0.25) is 0 Å². The van der Waals surface area contributed by atoms with Crippen LogP contribution < -0.4 is 10.1 Å². The van der Waals surface area contributed by atoms with Crippen LogP contribution in [0.25, 0.3) is 0 Å². The molecule has 1 rings (SSSR count). The maximum absolute atomic E-state index is 5.12. The summed E-state index contributed by atoms with van der Waals surface area (Å²) in [4.78, 5) is 0. The minimum absolute atomic E-state index is 0.528. The number of methoxy groups -OCH3 is 1. The van der Waals surface area contributed by atoms with E-state index >= 15 is 0 Å². The Hall–Kier alpha value is -1.28. The molecule has 0 saturated heterocycles. The molecular weight excluding hydrogens is 198 g/mol. The highest BCUT2D eigenvalue weighted by Gasteiger charge is 2.01. The molecule has 88 valence electrons. The summed E-state index contributed by atoms with van der Waals surface area (Å²) >= 11 is 0. The Kier molecular flexibility index (Phi) is 5.65. The molecule has 0 aliphatic heterocycles. The third-order valence-corrected chi connectivity index (χ3v) is 2.64. The SMILES string of the molecule is C=CCNC(C)CCc1ccc(OC)cc1. The minimum atomic E-state index is 0.528. The zero-order chi connectivity index (χ0) is 11.8. The molecule has 0 radical (unpaired) electrons. The molecule has 1 atom stereocenters.